The summed E-state index contributed by atoms with van der Waals surface area (Å²) in [5.41, 5.74) is 3.66. The summed E-state index contributed by atoms with van der Waals surface area (Å²) in [5.74, 6) is 0.824. The Hall–Kier alpha value is -1.98. The largest absolute Gasteiger partial charge is 0.492 e. The number of para-hydroxylation sites is 1. The summed E-state index contributed by atoms with van der Waals surface area (Å²) in [5, 5.41) is 1.79. The standard InChI is InChI=1S/C21H20BrClN2O2/c22-14-7-8-20(17(23)12-14)27-11-3-6-21(26)25-10-9-19-16(13-25)15-4-1-2-5-18(15)24-19/h1-2,4-5,7-8,12,24H,3,6,9-11,13H2. The summed E-state index contributed by atoms with van der Waals surface area (Å²) in [6.07, 6.45) is 2.02. The Kier molecular flexibility index (Phi) is 5.41. The molecule has 0 fully saturated rings. The van der Waals surface area contributed by atoms with Crippen molar-refractivity contribution in [3.8, 4) is 5.75 Å². The number of nitrogens with one attached hydrogen (secondary N) is 1. The number of aromatic nitrogens is 1. The molecule has 1 aromatic heterocycles. The first-order valence-electron chi connectivity index (χ1n) is 9.06. The van der Waals surface area contributed by atoms with E-state index in [-0.39, 0.29) is 5.91 Å². The van der Waals surface area contributed by atoms with Gasteiger partial charge in [0.2, 0.25) is 5.91 Å². The third kappa shape index (κ3) is 3.99. The number of benzene rings is 2. The van der Waals surface area contributed by atoms with Gasteiger partial charge in [-0.15, -0.1) is 0 Å². The minimum Gasteiger partial charge on any atom is -0.492 e. The Balaban J connectivity index is 1.31. The van der Waals surface area contributed by atoms with Crippen LogP contribution in [0, 0.1) is 0 Å². The molecule has 3 aromatic rings. The maximum atomic E-state index is 12.6. The second-order valence-electron chi connectivity index (χ2n) is 6.72. The highest BCUT2D eigenvalue weighted by atomic mass is 79.9. The molecule has 140 valence electrons. The van der Waals surface area contributed by atoms with Crippen molar-refractivity contribution in [2.45, 2.75) is 25.8 Å². The zero-order valence-corrected chi connectivity index (χ0v) is 17.1. The molecule has 6 heteroatoms. The number of hydrogen-bond donors (Lipinski definition) is 1. The molecule has 0 radical (unpaired) electrons. The fraction of sp³-hybridized carbons (Fsp3) is 0.286. The molecule has 0 bridgehead atoms. The predicted octanol–water partition coefficient (Wildman–Crippen LogP) is 5.33. The first kappa shape index (κ1) is 18.4. The van der Waals surface area contributed by atoms with E-state index >= 15 is 0 Å². The molecule has 0 saturated carbocycles. The SMILES string of the molecule is O=C(CCCOc1ccc(Br)cc1Cl)N1CCc2[nH]c3ccccc3c2C1. The van der Waals surface area contributed by atoms with Gasteiger partial charge < -0.3 is 14.6 Å². The maximum absolute atomic E-state index is 12.6. The first-order chi connectivity index (χ1) is 13.1. The van der Waals surface area contributed by atoms with Crippen LogP contribution in [0.5, 0.6) is 5.75 Å². The van der Waals surface area contributed by atoms with Gasteiger partial charge >= 0.3 is 0 Å². The number of nitrogens with zero attached hydrogens (tertiary/aromatic N) is 1. The predicted molar refractivity (Wildman–Crippen MR) is 111 cm³/mol. The number of fused-ring (bicyclic) bond motifs is 3. The summed E-state index contributed by atoms with van der Waals surface area (Å²) < 4.78 is 6.62. The lowest BCUT2D eigenvalue weighted by atomic mass is 10.0. The van der Waals surface area contributed by atoms with Crippen molar-refractivity contribution in [3.63, 3.8) is 0 Å². The van der Waals surface area contributed by atoms with Gasteiger partial charge in [-0.25, -0.2) is 0 Å². The van der Waals surface area contributed by atoms with Gasteiger partial charge in [0.1, 0.15) is 5.75 Å². The molecule has 0 spiro atoms. The van der Waals surface area contributed by atoms with E-state index in [0.29, 0.717) is 36.8 Å². The molecule has 1 N–H and O–H groups in total. The fourth-order valence-electron chi connectivity index (χ4n) is 3.54. The minimum absolute atomic E-state index is 0.177. The van der Waals surface area contributed by atoms with E-state index in [1.54, 1.807) is 6.07 Å². The van der Waals surface area contributed by atoms with Gasteiger partial charge in [0.05, 0.1) is 11.6 Å². The van der Waals surface area contributed by atoms with Crippen molar-refractivity contribution in [1.82, 2.24) is 9.88 Å². The minimum atomic E-state index is 0.177. The lowest BCUT2D eigenvalue weighted by Gasteiger charge is -2.27. The van der Waals surface area contributed by atoms with Crippen LogP contribution < -0.4 is 4.74 Å². The monoisotopic (exact) mass is 446 g/mol. The van der Waals surface area contributed by atoms with E-state index in [9.17, 15) is 4.79 Å². The van der Waals surface area contributed by atoms with E-state index in [1.165, 1.54) is 16.6 Å². The van der Waals surface area contributed by atoms with E-state index in [0.717, 1.165) is 23.0 Å². The Bertz CT molecular complexity index is 985. The molecule has 2 heterocycles. The molecule has 4 nitrogen and oxygen atoms in total. The third-order valence-corrected chi connectivity index (χ3v) is 5.71. The van der Waals surface area contributed by atoms with Crippen LogP contribution in [0.4, 0.5) is 0 Å². The zero-order valence-electron chi connectivity index (χ0n) is 14.8. The maximum Gasteiger partial charge on any atom is 0.223 e. The number of ether oxygens (including phenoxy) is 1. The first-order valence-corrected chi connectivity index (χ1v) is 10.2. The summed E-state index contributed by atoms with van der Waals surface area (Å²) in [6.45, 7) is 1.91. The molecule has 0 aliphatic carbocycles. The van der Waals surface area contributed by atoms with E-state index < -0.39 is 0 Å². The number of rotatable bonds is 5. The summed E-state index contributed by atoms with van der Waals surface area (Å²) in [4.78, 5) is 18.1. The second-order valence-corrected chi connectivity index (χ2v) is 8.04. The van der Waals surface area contributed by atoms with Crippen LogP contribution in [0.25, 0.3) is 10.9 Å². The van der Waals surface area contributed by atoms with Gasteiger partial charge in [0, 0.05) is 52.6 Å². The van der Waals surface area contributed by atoms with Crippen LogP contribution >= 0.6 is 27.5 Å². The highest BCUT2D eigenvalue weighted by Crippen LogP contribution is 2.29. The molecule has 0 saturated heterocycles. The summed E-state index contributed by atoms with van der Waals surface area (Å²) in [7, 11) is 0. The summed E-state index contributed by atoms with van der Waals surface area (Å²) >= 11 is 9.52. The third-order valence-electron chi connectivity index (χ3n) is 4.92. The Morgan fingerprint density at radius 2 is 2.11 bits per heavy atom. The van der Waals surface area contributed by atoms with Crippen molar-refractivity contribution in [2.24, 2.45) is 0 Å². The van der Waals surface area contributed by atoms with Crippen molar-refractivity contribution in [2.75, 3.05) is 13.2 Å². The smallest absolute Gasteiger partial charge is 0.223 e. The number of halogens is 2. The Labute approximate surface area is 171 Å². The second kappa shape index (κ2) is 7.95. The van der Waals surface area contributed by atoms with Crippen LogP contribution in [0.2, 0.25) is 5.02 Å². The quantitative estimate of drug-likeness (QED) is 0.537. The van der Waals surface area contributed by atoms with E-state index in [4.69, 9.17) is 16.3 Å². The number of carbonyl (C=O) groups excluding carboxylic acids is 1. The lowest BCUT2D eigenvalue weighted by molar-refractivity contribution is -0.132. The van der Waals surface area contributed by atoms with Gasteiger partial charge in [-0.3, -0.25) is 4.79 Å². The molecule has 4 rings (SSSR count). The number of aromatic amines is 1. The molecule has 0 unspecified atom stereocenters. The van der Waals surface area contributed by atoms with Crippen LogP contribution in [0.15, 0.2) is 46.9 Å². The number of hydrogen-bond acceptors (Lipinski definition) is 2. The molecule has 27 heavy (non-hydrogen) atoms. The van der Waals surface area contributed by atoms with E-state index in [1.807, 2.05) is 29.2 Å². The molecule has 1 aliphatic rings. The molecular formula is C21H20BrClN2O2. The van der Waals surface area contributed by atoms with Crippen molar-refractivity contribution in [3.05, 3.63) is 63.2 Å². The van der Waals surface area contributed by atoms with Crippen LogP contribution in [-0.4, -0.2) is 28.9 Å². The highest BCUT2D eigenvalue weighted by Gasteiger charge is 2.23. The molecule has 0 atom stereocenters. The number of H-pyrrole nitrogens is 1. The van der Waals surface area contributed by atoms with Crippen LogP contribution in [0.3, 0.4) is 0 Å². The average Bonchev–Trinajstić information content (AvgIpc) is 3.04. The summed E-state index contributed by atoms with van der Waals surface area (Å²) in [6, 6.07) is 13.8. The van der Waals surface area contributed by atoms with Gasteiger partial charge in [0.25, 0.3) is 0 Å². The van der Waals surface area contributed by atoms with Crippen LogP contribution in [0.1, 0.15) is 24.1 Å². The number of carbonyl (C=O) groups is 1. The fourth-order valence-corrected chi connectivity index (χ4v) is 4.26. The van der Waals surface area contributed by atoms with Gasteiger partial charge in [-0.05, 0) is 30.7 Å². The topological polar surface area (TPSA) is 45.3 Å². The van der Waals surface area contributed by atoms with E-state index in [2.05, 4.69) is 33.0 Å². The molecule has 1 amide bonds. The molecule has 2 aromatic carbocycles. The average molecular weight is 448 g/mol. The van der Waals surface area contributed by atoms with Crippen LogP contribution in [-0.2, 0) is 17.8 Å². The molecule has 1 aliphatic heterocycles. The van der Waals surface area contributed by atoms with Gasteiger partial charge in [-0.1, -0.05) is 45.7 Å². The normalized spacial score (nSPS) is 13.6. The van der Waals surface area contributed by atoms with Crippen molar-refractivity contribution < 1.29 is 9.53 Å². The highest BCUT2D eigenvalue weighted by molar-refractivity contribution is 9.10. The zero-order chi connectivity index (χ0) is 18.8. The van der Waals surface area contributed by atoms with Crippen molar-refractivity contribution in [1.29, 1.82) is 0 Å². The number of amides is 1. The lowest BCUT2D eigenvalue weighted by Crippen LogP contribution is -2.35. The Morgan fingerprint density at radius 1 is 1.26 bits per heavy atom. The van der Waals surface area contributed by atoms with Gasteiger partial charge in [0.15, 0.2) is 0 Å². The Morgan fingerprint density at radius 3 is 2.96 bits per heavy atom. The molecular weight excluding hydrogens is 428 g/mol. The van der Waals surface area contributed by atoms with Crippen molar-refractivity contribution >= 4 is 44.3 Å². The van der Waals surface area contributed by atoms with Gasteiger partial charge in [-0.2, -0.15) is 0 Å².